The summed E-state index contributed by atoms with van der Waals surface area (Å²) >= 11 is 0. The van der Waals surface area contributed by atoms with E-state index < -0.39 is 0 Å². The van der Waals surface area contributed by atoms with Crippen molar-refractivity contribution in [3.8, 4) is 0 Å². The summed E-state index contributed by atoms with van der Waals surface area (Å²) in [5.41, 5.74) is 8.76. The van der Waals surface area contributed by atoms with Gasteiger partial charge in [0.25, 0.3) is 0 Å². The SMILES string of the molecule is CN[C@@H]1CCN(c2nc(N)nc3c2CC[C@@H]2CCCC[C@H]32)C1. The Kier molecular flexibility index (Phi) is 3.68. The summed E-state index contributed by atoms with van der Waals surface area (Å²) in [6.45, 7) is 2.11. The summed E-state index contributed by atoms with van der Waals surface area (Å²) in [5, 5.41) is 3.39. The van der Waals surface area contributed by atoms with Gasteiger partial charge in [-0.1, -0.05) is 12.8 Å². The highest BCUT2D eigenvalue weighted by Crippen LogP contribution is 2.46. The van der Waals surface area contributed by atoms with Gasteiger partial charge >= 0.3 is 0 Å². The second kappa shape index (κ2) is 5.69. The Morgan fingerprint density at radius 1 is 1.14 bits per heavy atom. The van der Waals surface area contributed by atoms with Gasteiger partial charge in [-0.3, -0.25) is 0 Å². The Morgan fingerprint density at radius 3 is 2.82 bits per heavy atom. The lowest BCUT2D eigenvalue weighted by Gasteiger charge is -2.37. The van der Waals surface area contributed by atoms with E-state index in [1.165, 1.54) is 49.8 Å². The van der Waals surface area contributed by atoms with Gasteiger partial charge in [0, 0.05) is 30.6 Å². The van der Waals surface area contributed by atoms with E-state index in [9.17, 15) is 0 Å². The first kappa shape index (κ1) is 14.2. The van der Waals surface area contributed by atoms with Crippen molar-refractivity contribution in [2.75, 3.05) is 30.8 Å². The second-order valence-corrected chi connectivity index (χ2v) is 7.18. The summed E-state index contributed by atoms with van der Waals surface area (Å²) in [5.74, 6) is 3.05. The number of nitrogen functional groups attached to an aromatic ring is 1. The molecule has 2 heterocycles. The third-order valence-electron chi connectivity index (χ3n) is 5.96. The summed E-state index contributed by atoms with van der Waals surface area (Å²) in [6, 6.07) is 0.567. The Balaban J connectivity index is 1.70. The first-order chi connectivity index (χ1) is 10.8. The zero-order valence-corrected chi connectivity index (χ0v) is 13.5. The Hall–Kier alpha value is -1.36. The first-order valence-corrected chi connectivity index (χ1v) is 8.84. The molecule has 1 saturated carbocycles. The molecule has 120 valence electrons. The molecule has 0 radical (unpaired) electrons. The van der Waals surface area contributed by atoms with Crippen molar-refractivity contribution in [2.45, 2.75) is 56.9 Å². The maximum atomic E-state index is 6.07. The average Bonchev–Trinajstić information content (AvgIpc) is 3.03. The Labute approximate surface area is 132 Å². The summed E-state index contributed by atoms with van der Waals surface area (Å²) < 4.78 is 0. The van der Waals surface area contributed by atoms with Gasteiger partial charge in [-0.15, -0.1) is 0 Å². The number of hydrogen-bond acceptors (Lipinski definition) is 5. The van der Waals surface area contributed by atoms with E-state index in [4.69, 9.17) is 10.7 Å². The highest BCUT2D eigenvalue weighted by atomic mass is 15.3. The lowest BCUT2D eigenvalue weighted by Crippen LogP contribution is -2.32. The van der Waals surface area contributed by atoms with Gasteiger partial charge in [-0.2, -0.15) is 4.98 Å². The van der Waals surface area contributed by atoms with E-state index in [1.807, 2.05) is 7.05 Å². The molecule has 3 aliphatic rings. The molecule has 5 heteroatoms. The van der Waals surface area contributed by atoms with E-state index >= 15 is 0 Å². The maximum absolute atomic E-state index is 6.07. The lowest BCUT2D eigenvalue weighted by atomic mass is 9.70. The highest BCUT2D eigenvalue weighted by Gasteiger charge is 2.36. The molecular weight excluding hydrogens is 274 g/mol. The predicted molar refractivity (Wildman–Crippen MR) is 89.1 cm³/mol. The number of anilines is 2. The molecule has 0 spiro atoms. The number of nitrogens with zero attached hydrogens (tertiary/aromatic N) is 3. The molecular formula is C17H27N5. The normalized spacial score (nSPS) is 31.0. The van der Waals surface area contributed by atoms with Crippen LogP contribution in [0.5, 0.6) is 0 Å². The third-order valence-corrected chi connectivity index (χ3v) is 5.96. The topological polar surface area (TPSA) is 67.1 Å². The van der Waals surface area contributed by atoms with Gasteiger partial charge in [0.15, 0.2) is 0 Å². The van der Waals surface area contributed by atoms with Gasteiger partial charge in [0.1, 0.15) is 5.82 Å². The van der Waals surface area contributed by atoms with E-state index in [1.54, 1.807) is 0 Å². The Bertz CT molecular complexity index is 558. The van der Waals surface area contributed by atoms with Gasteiger partial charge in [0.05, 0.1) is 5.69 Å². The zero-order valence-electron chi connectivity index (χ0n) is 13.5. The van der Waals surface area contributed by atoms with Crippen molar-refractivity contribution in [3.05, 3.63) is 11.3 Å². The third kappa shape index (κ3) is 2.35. The van der Waals surface area contributed by atoms with Crippen LogP contribution in [0.4, 0.5) is 11.8 Å². The molecule has 1 aliphatic heterocycles. The van der Waals surface area contributed by atoms with Crippen molar-refractivity contribution in [3.63, 3.8) is 0 Å². The van der Waals surface area contributed by atoms with E-state index in [0.29, 0.717) is 17.9 Å². The quantitative estimate of drug-likeness (QED) is 0.875. The van der Waals surface area contributed by atoms with Gasteiger partial charge < -0.3 is 16.0 Å². The van der Waals surface area contributed by atoms with Gasteiger partial charge in [0.2, 0.25) is 5.95 Å². The number of rotatable bonds is 2. The average molecular weight is 301 g/mol. The molecule has 0 unspecified atom stereocenters. The van der Waals surface area contributed by atoms with Crippen molar-refractivity contribution in [1.82, 2.24) is 15.3 Å². The Morgan fingerprint density at radius 2 is 2.00 bits per heavy atom. The largest absolute Gasteiger partial charge is 0.368 e. The molecule has 2 aliphatic carbocycles. The molecule has 1 aromatic rings. The van der Waals surface area contributed by atoms with Crippen LogP contribution in [-0.4, -0.2) is 36.1 Å². The highest BCUT2D eigenvalue weighted by molar-refractivity contribution is 5.55. The molecule has 0 aromatic carbocycles. The van der Waals surface area contributed by atoms with E-state index in [0.717, 1.165) is 31.2 Å². The molecule has 22 heavy (non-hydrogen) atoms. The fourth-order valence-corrected chi connectivity index (χ4v) is 4.75. The van der Waals surface area contributed by atoms with Crippen LogP contribution in [0.15, 0.2) is 0 Å². The summed E-state index contributed by atoms with van der Waals surface area (Å²) in [4.78, 5) is 11.8. The molecule has 4 rings (SSSR count). The molecule has 5 nitrogen and oxygen atoms in total. The molecule has 2 fully saturated rings. The second-order valence-electron chi connectivity index (χ2n) is 7.18. The van der Waals surface area contributed by atoms with Crippen LogP contribution in [0, 0.1) is 5.92 Å². The summed E-state index contributed by atoms with van der Waals surface area (Å²) in [6.07, 6.45) is 9.00. The predicted octanol–water partition coefficient (Wildman–Crippen LogP) is 2.08. The standard InChI is InChI=1S/C17H27N5/c1-19-12-8-9-22(10-12)16-14-7-6-11-4-2-3-5-13(11)15(14)20-17(18)21-16/h11-13,19H,2-10H2,1H3,(H2,18,20,21)/t11-,12+,13-/m0/s1. The van der Waals surface area contributed by atoms with Crippen LogP contribution in [0.25, 0.3) is 0 Å². The fourth-order valence-electron chi connectivity index (χ4n) is 4.75. The molecule has 0 bridgehead atoms. The fraction of sp³-hybridized carbons (Fsp3) is 0.765. The minimum atomic E-state index is 0.466. The van der Waals surface area contributed by atoms with Crippen LogP contribution in [0.1, 0.15) is 55.7 Å². The van der Waals surface area contributed by atoms with Crippen LogP contribution in [-0.2, 0) is 6.42 Å². The van der Waals surface area contributed by atoms with Crippen molar-refractivity contribution >= 4 is 11.8 Å². The van der Waals surface area contributed by atoms with Crippen LogP contribution < -0.4 is 16.0 Å². The van der Waals surface area contributed by atoms with Crippen LogP contribution in [0.2, 0.25) is 0 Å². The maximum Gasteiger partial charge on any atom is 0.222 e. The molecule has 3 atom stereocenters. The summed E-state index contributed by atoms with van der Waals surface area (Å²) in [7, 11) is 2.05. The number of nitrogens with one attached hydrogen (secondary N) is 1. The first-order valence-electron chi connectivity index (χ1n) is 8.84. The lowest BCUT2D eigenvalue weighted by molar-refractivity contribution is 0.270. The molecule has 1 aromatic heterocycles. The number of aromatic nitrogens is 2. The smallest absolute Gasteiger partial charge is 0.222 e. The monoisotopic (exact) mass is 301 g/mol. The molecule has 3 N–H and O–H groups in total. The number of nitrogens with two attached hydrogens (primary N) is 1. The van der Waals surface area contributed by atoms with Crippen molar-refractivity contribution in [2.24, 2.45) is 5.92 Å². The number of hydrogen-bond donors (Lipinski definition) is 2. The zero-order chi connectivity index (χ0) is 15.1. The van der Waals surface area contributed by atoms with Crippen LogP contribution in [0.3, 0.4) is 0 Å². The number of fused-ring (bicyclic) bond motifs is 3. The van der Waals surface area contributed by atoms with E-state index in [2.05, 4.69) is 15.2 Å². The number of likely N-dealkylation sites (N-methyl/N-ethyl adjacent to an activating group) is 1. The van der Waals surface area contributed by atoms with Crippen molar-refractivity contribution in [1.29, 1.82) is 0 Å². The van der Waals surface area contributed by atoms with Gasteiger partial charge in [-0.05, 0) is 45.1 Å². The molecule has 1 saturated heterocycles. The van der Waals surface area contributed by atoms with Gasteiger partial charge in [-0.25, -0.2) is 4.98 Å². The van der Waals surface area contributed by atoms with E-state index in [-0.39, 0.29) is 0 Å². The van der Waals surface area contributed by atoms with Crippen LogP contribution >= 0.6 is 0 Å². The minimum absolute atomic E-state index is 0.466. The molecule has 0 amide bonds. The van der Waals surface area contributed by atoms with Crippen molar-refractivity contribution < 1.29 is 0 Å². The minimum Gasteiger partial charge on any atom is -0.368 e.